The molecule has 0 N–H and O–H groups in total. The van der Waals surface area contributed by atoms with Crippen molar-refractivity contribution >= 4 is 33.0 Å². The van der Waals surface area contributed by atoms with Crippen molar-refractivity contribution in [2.75, 3.05) is 0 Å². The fourth-order valence-electron chi connectivity index (χ4n) is 9.47. The Bertz CT molecular complexity index is 3020. The molecule has 0 aliphatic heterocycles. The third kappa shape index (κ3) is 6.84. The van der Waals surface area contributed by atoms with Crippen molar-refractivity contribution in [1.29, 1.82) is 0 Å². The summed E-state index contributed by atoms with van der Waals surface area (Å²) in [6.45, 7) is 13.9. The number of fused-ring (bicyclic) bond motifs is 4. The largest absolute Gasteiger partial charge is 0.455 e. The first-order chi connectivity index (χ1) is 29.5. The smallest absolute Gasteiger partial charge is 0.149 e. The Kier molecular flexibility index (Phi) is 9.29. The maximum atomic E-state index is 9.26. The van der Waals surface area contributed by atoms with Crippen LogP contribution in [-0.4, -0.2) is 9.55 Å². The second-order valence-corrected chi connectivity index (χ2v) is 18.4. The summed E-state index contributed by atoms with van der Waals surface area (Å²) in [7, 11) is 0. The van der Waals surface area contributed by atoms with Crippen LogP contribution in [0.5, 0.6) is 0 Å². The minimum Gasteiger partial charge on any atom is -0.455 e. The Balaban J connectivity index is 1.06. The number of para-hydroxylation sites is 3. The number of imidazole rings is 1. The number of benzene rings is 7. The highest BCUT2D eigenvalue weighted by molar-refractivity contribution is 6.10. The van der Waals surface area contributed by atoms with Crippen molar-refractivity contribution < 1.29 is 5.79 Å². The Morgan fingerprint density at radius 3 is 1.85 bits per heavy atom. The Morgan fingerprint density at radius 2 is 1.18 bits per heavy atom. The first-order valence-corrected chi connectivity index (χ1v) is 21.8. The Hall–Kier alpha value is -6.19. The molecule has 2 heterocycles. The topological polar surface area (TPSA) is 31.0 Å². The zero-order valence-electron chi connectivity index (χ0n) is 36.7. The first-order valence-electron chi connectivity index (χ1n) is 22.3. The molecule has 1 aliphatic rings. The molecule has 2 aromatic heterocycles. The number of aromatic nitrogens is 2. The molecule has 9 aromatic rings. The molecular weight excluding hydrogens is 729 g/mol. The molecule has 0 radical (unpaired) electrons. The summed E-state index contributed by atoms with van der Waals surface area (Å²) in [5.41, 5.74) is 17.1. The highest BCUT2D eigenvalue weighted by Crippen LogP contribution is 2.45. The molecule has 0 atom stereocenters. The molecule has 7 aromatic carbocycles. The van der Waals surface area contributed by atoms with Crippen molar-refractivity contribution in [1.82, 2.24) is 9.55 Å². The van der Waals surface area contributed by atoms with Crippen molar-refractivity contribution in [3.05, 3.63) is 168 Å². The third-order valence-corrected chi connectivity index (χ3v) is 13.1. The molecule has 0 spiro atoms. The number of hydrogen-bond donors (Lipinski definition) is 0. The maximum absolute atomic E-state index is 9.26. The van der Waals surface area contributed by atoms with Gasteiger partial charge in [-0.3, -0.25) is 4.57 Å². The van der Waals surface area contributed by atoms with Crippen LogP contribution < -0.4 is 0 Å². The molecular formula is C57H54N2O. The minimum absolute atomic E-state index is 0.244. The second kappa shape index (κ2) is 15.1. The second-order valence-electron chi connectivity index (χ2n) is 18.4. The van der Waals surface area contributed by atoms with Gasteiger partial charge >= 0.3 is 0 Å². The SMILES string of the molecule is [2H]C1(c2ccc(-c3ccc(-c4cc(C(C)C)c(-n5c(-c6cccc7c6oc6cc(-c8ccccc8)ccc67)nc6ccccc65)c(C(C)C)c4)cc3)cc2)CCC(C)(C)CC1. The molecule has 0 saturated heterocycles. The number of furan rings is 1. The summed E-state index contributed by atoms with van der Waals surface area (Å²) in [6, 6.07) is 54.7. The minimum atomic E-state index is -0.482. The van der Waals surface area contributed by atoms with Crippen LogP contribution in [0.15, 0.2) is 156 Å². The number of nitrogens with zero attached hydrogens (tertiary/aromatic N) is 2. The lowest BCUT2D eigenvalue weighted by atomic mass is 9.71. The van der Waals surface area contributed by atoms with E-state index in [0.29, 0.717) is 5.41 Å². The predicted molar refractivity (Wildman–Crippen MR) is 253 cm³/mol. The van der Waals surface area contributed by atoms with E-state index in [0.717, 1.165) is 81.2 Å². The van der Waals surface area contributed by atoms with E-state index < -0.39 is 5.89 Å². The lowest BCUT2D eigenvalue weighted by Crippen LogP contribution is -2.20. The lowest BCUT2D eigenvalue weighted by Gasteiger charge is -2.34. The number of rotatable bonds is 8. The van der Waals surface area contributed by atoms with Crippen LogP contribution in [-0.2, 0) is 0 Å². The summed E-state index contributed by atoms with van der Waals surface area (Å²) in [4.78, 5) is 5.40. The van der Waals surface area contributed by atoms with Crippen LogP contribution in [0.3, 0.4) is 0 Å². The van der Waals surface area contributed by atoms with E-state index in [2.05, 4.69) is 198 Å². The highest BCUT2D eigenvalue weighted by atomic mass is 16.3. The summed E-state index contributed by atoms with van der Waals surface area (Å²) in [5.74, 6) is 0.885. The maximum Gasteiger partial charge on any atom is 0.149 e. The molecule has 1 saturated carbocycles. The molecule has 298 valence electrons. The first kappa shape index (κ1) is 36.9. The predicted octanol–water partition coefficient (Wildman–Crippen LogP) is 16.5. The van der Waals surface area contributed by atoms with Gasteiger partial charge in [-0.1, -0.05) is 151 Å². The summed E-state index contributed by atoms with van der Waals surface area (Å²) in [5, 5.41) is 2.18. The summed E-state index contributed by atoms with van der Waals surface area (Å²) >= 11 is 0. The molecule has 1 aliphatic carbocycles. The molecule has 1 fully saturated rings. The van der Waals surface area contributed by atoms with Gasteiger partial charge in [-0.15, -0.1) is 0 Å². The Morgan fingerprint density at radius 1 is 0.600 bits per heavy atom. The molecule has 3 nitrogen and oxygen atoms in total. The van der Waals surface area contributed by atoms with Crippen LogP contribution in [0.2, 0.25) is 0 Å². The van der Waals surface area contributed by atoms with Crippen LogP contribution in [0, 0.1) is 5.41 Å². The monoisotopic (exact) mass is 783 g/mol. The highest BCUT2D eigenvalue weighted by Gasteiger charge is 2.28. The van der Waals surface area contributed by atoms with Crippen LogP contribution in [0.1, 0.15) is 103 Å². The summed E-state index contributed by atoms with van der Waals surface area (Å²) < 4.78 is 18.5. The summed E-state index contributed by atoms with van der Waals surface area (Å²) in [6.07, 6.45) is 4.06. The molecule has 0 unspecified atom stereocenters. The van der Waals surface area contributed by atoms with Crippen LogP contribution >= 0.6 is 0 Å². The Labute approximate surface area is 356 Å². The van der Waals surface area contributed by atoms with Gasteiger partial charge in [-0.25, -0.2) is 4.98 Å². The van der Waals surface area contributed by atoms with E-state index in [4.69, 9.17) is 9.40 Å². The lowest BCUT2D eigenvalue weighted by molar-refractivity contribution is 0.224. The van der Waals surface area contributed by atoms with Gasteiger partial charge in [-0.05, 0) is 141 Å². The quantitative estimate of drug-likeness (QED) is 0.154. The van der Waals surface area contributed by atoms with Crippen molar-refractivity contribution in [2.24, 2.45) is 5.41 Å². The van der Waals surface area contributed by atoms with E-state index in [1.165, 1.54) is 44.6 Å². The van der Waals surface area contributed by atoms with Gasteiger partial charge in [0.1, 0.15) is 17.0 Å². The standard InChI is InChI=1S/C57H54N2O/c1-36(2)49-33-45(42-25-23-40(24-26-42)39-19-21-41(22-20-39)43-29-31-57(5,6)32-30-43)34-50(37(3)4)54(49)59-52-18-11-10-17-51(52)58-56(59)48-16-12-15-47-46-28-27-44(35-53(46)60-55(47)48)38-13-8-7-9-14-38/h7-28,33-37,43H,29-32H2,1-6H3/i43D. The number of hydrogen-bond acceptors (Lipinski definition) is 2. The zero-order valence-corrected chi connectivity index (χ0v) is 35.7. The molecule has 10 rings (SSSR count). The normalized spacial score (nSPS) is 15.4. The van der Waals surface area contributed by atoms with E-state index in [1.807, 2.05) is 0 Å². The van der Waals surface area contributed by atoms with Gasteiger partial charge in [0.25, 0.3) is 0 Å². The average Bonchev–Trinajstić information content (AvgIpc) is 3.86. The molecule has 0 bridgehead atoms. The van der Waals surface area contributed by atoms with Gasteiger partial charge in [0.05, 0.1) is 22.3 Å². The van der Waals surface area contributed by atoms with E-state index in [9.17, 15) is 1.37 Å². The molecule has 3 heteroatoms. The van der Waals surface area contributed by atoms with Gasteiger partial charge in [0, 0.05) is 12.1 Å². The molecule has 60 heavy (non-hydrogen) atoms. The van der Waals surface area contributed by atoms with Crippen molar-refractivity contribution in [3.63, 3.8) is 0 Å². The average molecular weight is 784 g/mol. The third-order valence-electron chi connectivity index (χ3n) is 13.1. The van der Waals surface area contributed by atoms with Crippen LogP contribution in [0.25, 0.3) is 83.4 Å². The van der Waals surface area contributed by atoms with Gasteiger partial charge in [0.15, 0.2) is 0 Å². The van der Waals surface area contributed by atoms with E-state index in [-0.39, 0.29) is 11.8 Å². The van der Waals surface area contributed by atoms with E-state index >= 15 is 0 Å². The van der Waals surface area contributed by atoms with Gasteiger partial charge in [-0.2, -0.15) is 0 Å². The van der Waals surface area contributed by atoms with Crippen molar-refractivity contribution in [3.8, 4) is 50.5 Å². The van der Waals surface area contributed by atoms with Crippen molar-refractivity contribution in [2.45, 2.75) is 85.0 Å². The van der Waals surface area contributed by atoms with Crippen LogP contribution in [0.4, 0.5) is 0 Å². The molecule has 0 amide bonds. The fourth-order valence-corrected chi connectivity index (χ4v) is 9.47. The van der Waals surface area contributed by atoms with E-state index in [1.54, 1.807) is 0 Å². The zero-order chi connectivity index (χ0) is 42.0. The fraction of sp³-hybridized carbons (Fsp3) is 0.246. The van der Waals surface area contributed by atoms with Gasteiger partial charge < -0.3 is 4.42 Å². The van der Waals surface area contributed by atoms with Gasteiger partial charge in [0.2, 0.25) is 0 Å².